The Hall–Kier alpha value is -2.23. The van der Waals surface area contributed by atoms with E-state index < -0.39 is 0 Å². The van der Waals surface area contributed by atoms with Crippen molar-refractivity contribution < 1.29 is 4.79 Å². The van der Waals surface area contributed by atoms with Gasteiger partial charge >= 0.3 is 0 Å². The van der Waals surface area contributed by atoms with Crippen LogP contribution in [-0.4, -0.2) is 10.8 Å². The van der Waals surface area contributed by atoms with Crippen LogP contribution in [-0.2, 0) is 0 Å². The molecule has 106 valence electrons. The smallest absolute Gasteiger partial charge is 0.204 e. The highest BCUT2D eigenvalue weighted by atomic mass is 35.5. The van der Waals surface area contributed by atoms with Gasteiger partial charge in [0.1, 0.15) is 4.83 Å². The number of rotatable bonds is 2. The molecular weight excluding hydrogens is 314 g/mol. The highest BCUT2D eigenvalue weighted by Crippen LogP contribution is 2.30. The minimum absolute atomic E-state index is 0.0577. The molecule has 0 aliphatic rings. The van der Waals surface area contributed by atoms with Crippen LogP contribution in [0.2, 0.25) is 5.02 Å². The first-order valence-electron chi connectivity index (χ1n) is 6.81. The molecule has 0 unspecified atom stereocenters. The lowest BCUT2D eigenvalue weighted by atomic mass is 10.1. The highest BCUT2D eigenvalue weighted by molar-refractivity contribution is 7.20. The molecule has 0 bridgehead atoms. The third kappa shape index (κ3) is 2.19. The number of hydrogen-bond acceptors (Lipinski definition) is 3. The number of aromatic nitrogens is 1. The Morgan fingerprint density at radius 1 is 0.955 bits per heavy atom. The first kappa shape index (κ1) is 13.4. The number of carbonyl (C=O) groups is 1. The predicted octanol–water partition coefficient (Wildman–Crippen LogP) is 5.33. The monoisotopic (exact) mass is 323 g/mol. The third-order valence-electron chi connectivity index (χ3n) is 3.55. The molecule has 0 amide bonds. The summed E-state index contributed by atoms with van der Waals surface area (Å²) in [6.45, 7) is 0. The second kappa shape index (κ2) is 5.20. The maximum Gasteiger partial charge on any atom is 0.204 e. The third-order valence-corrected chi connectivity index (χ3v) is 4.93. The van der Waals surface area contributed by atoms with E-state index in [4.69, 9.17) is 11.6 Å². The molecule has 0 atom stereocenters. The molecule has 0 radical (unpaired) electrons. The van der Waals surface area contributed by atoms with E-state index in [2.05, 4.69) is 11.1 Å². The predicted molar refractivity (Wildman–Crippen MR) is 92.0 cm³/mol. The van der Waals surface area contributed by atoms with Gasteiger partial charge in [-0.2, -0.15) is 0 Å². The van der Waals surface area contributed by atoms with Gasteiger partial charge in [0.05, 0.1) is 15.4 Å². The van der Waals surface area contributed by atoms with Crippen LogP contribution in [0.1, 0.15) is 15.2 Å². The topological polar surface area (TPSA) is 30.0 Å². The van der Waals surface area contributed by atoms with Gasteiger partial charge in [-0.05, 0) is 30.3 Å². The number of thiophene rings is 1. The Morgan fingerprint density at radius 2 is 1.73 bits per heavy atom. The molecule has 0 aliphatic heterocycles. The van der Waals surface area contributed by atoms with E-state index in [9.17, 15) is 4.79 Å². The Labute approximate surface area is 136 Å². The molecule has 2 nitrogen and oxygen atoms in total. The van der Waals surface area contributed by atoms with E-state index in [1.54, 1.807) is 12.1 Å². The van der Waals surface area contributed by atoms with Crippen molar-refractivity contribution in [1.29, 1.82) is 0 Å². The van der Waals surface area contributed by atoms with Gasteiger partial charge in [-0.25, -0.2) is 4.98 Å². The zero-order valence-corrected chi connectivity index (χ0v) is 13.0. The first-order chi connectivity index (χ1) is 10.7. The van der Waals surface area contributed by atoms with Crippen LogP contribution in [0.25, 0.3) is 21.1 Å². The number of fused-ring (bicyclic) bond motifs is 2. The van der Waals surface area contributed by atoms with Gasteiger partial charge < -0.3 is 0 Å². The van der Waals surface area contributed by atoms with Crippen molar-refractivity contribution >= 4 is 49.8 Å². The molecule has 4 heteroatoms. The average Bonchev–Trinajstić information content (AvgIpc) is 2.95. The van der Waals surface area contributed by atoms with E-state index in [1.807, 2.05) is 42.5 Å². The highest BCUT2D eigenvalue weighted by Gasteiger charge is 2.16. The Bertz CT molecular complexity index is 969. The summed E-state index contributed by atoms with van der Waals surface area (Å²) in [5.41, 5.74) is 1.47. The summed E-state index contributed by atoms with van der Waals surface area (Å²) >= 11 is 7.53. The van der Waals surface area contributed by atoms with Crippen molar-refractivity contribution in [2.45, 2.75) is 0 Å². The fourth-order valence-electron chi connectivity index (χ4n) is 2.46. The van der Waals surface area contributed by atoms with E-state index in [0.29, 0.717) is 15.5 Å². The number of nitrogens with zero attached hydrogens (tertiary/aromatic N) is 1. The lowest BCUT2D eigenvalue weighted by molar-refractivity contribution is 0.104. The van der Waals surface area contributed by atoms with Crippen molar-refractivity contribution in [3.05, 3.63) is 76.1 Å². The summed E-state index contributed by atoms with van der Waals surface area (Å²) < 4.78 is 0. The molecule has 2 heterocycles. The number of para-hydroxylation sites is 1. The van der Waals surface area contributed by atoms with Crippen molar-refractivity contribution in [2.24, 2.45) is 0 Å². The van der Waals surface area contributed by atoms with Crippen molar-refractivity contribution in [3.8, 4) is 0 Å². The zero-order valence-electron chi connectivity index (χ0n) is 11.4. The quantitative estimate of drug-likeness (QED) is 0.466. The van der Waals surface area contributed by atoms with Gasteiger partial charge in [0.15, 0.2) is 0 Å². The Morgan fingerprint density at radius 3 is 2.59 bits per heavy atom. The summed E-state index contributed by atoms with van der Waals surface area (Å²) in [6.07, 6.45) is 0. The summed E-state index contributed by atoms with van der Waals surface area (Å²) in [7, 11) is 0. The molecule has 0 saturated heterocycles. The van der Waals surface area contributed by atoms with Gasteiger partial charge in [-0.15, -0.1) is 11.3 Å². The van der Waals surface area contributed by atoms with Crippen LogP contribution in [0.5, 0.6) is 0 Å². The van der Waals surface area contributed by atoms with Gasteiger partial charge in [0.2, 0.25) is 5.78 Å². The normalized spacial score (nSPS) is 11.1. The molecular formula is C18H10ClNOS. The van der Waals surface area contributed by atoms with Gasteiger partial charge in [-0.1, -0.05) is 41.9 Å². The number of hydrogen-bond donors (Lipinski definition) is 0. The average molecular weight is 324 g/mol. The molecule has 0 spiro atoms. The number of benzene rings is 2. The largest absolute Gasteiger partial charge is 0.288 e. The minimum Gasteiger partial charge on any atom is -0.288 e. The maximum atomic E-state index is 12.6. The summed E-state index contributed by atoms with van der Waals surface area (Å²) in [4.78, 5) is 18.8. The second-order valence-corrected chi connectivity index (χ2v) is 6.43. The minimum atomic E-state index is -0.0577. The number of pyridine rings is 1. The number of ketones is 1. The molecule has 0 aliphatic carbocycles. The number of carbonyl (C=O) groups excluding carboxylic acids is 1. The van der Waals surface area contributed by atoms with E-state index >= 15 is 0 Å². The standard InChI is InChI=1S/C18H10ClNOS/c19-14-7-3-2-6-13(14)17(21)16-10-12-9-11-5-1-4-8-15(11)20-18(12)22-16/h1-10H. The molecule has 4 rings (SSSR count). The molecule has 2 aromatic heterocycles. The Balaban J connectivity index is 1.87. The van der Waals surface area contributed by atoms with Crippen LogP contribution in [0.15, 0.2) is 60.7 Å². The second-order valence-electron chi connectivity index (χ2n) is 5.00. The van der Waals surface area contributed by atoms with Gasteiger partial charge in [-0.3, -0.25) is 4.79 Å². The van der Waals surface area contributed by atoms with Crippen LogP contribution >= 0.6 is 22.9 Å². The van der Waals surface area contributed by atoms with Gasteiger partial charge in [0, 0.05) is 16.3 Å². The summed E-state index contributed by atoms with van der Waals surface area (Å²) in [5, 5.41) is 2.53. The summed E-state index contributed by atoms with van der Waals surface area (Å²) in [6, 6.07) is 19.0. The molecule has 0 saturated carbocycles. The van der Waals surface area contributed by atoms with Crippen molar-refractivity contribution in [1.82, 2.24) is 4.98 Å². The lowest BCUT2D eigenvalue weighted by Crippen LogP contribution is -1.98. The fourth-order valence-corrected chi connectivity index (χ4v) is 3.66. The van der Waals surface area contributed by atoms with Crippen LogP contribution in [0.3, 0.4) is 0 Å². The SMILES string of the molecule is O=C(c1cc2cc3ccccc3nc2s1)c1ccccc1Cl. The van der Waals surface area contributed by atoms with E-state index in [0.717, 1.165) is 21.1 Å². The van der Waals surface area contributed by atoms with Crippen LogP contribution in [0.4, 0.5) is 0 Å². The van der Waals surface area contributed by atoms with Crippen LogP contribution < -0.4 is 0 Å². The Kier molecular flexibility index (Phi) is 3.17. The molecule has 4 aromatic rings. The van der Waals surface area contributed by atoms with E-state index in [1.165, 1.54) is 11.3 Å². The molecule has 0 fully saturated rings. The molecule has 22 heavy (non-hydrogen) atoms. The molecule has 2 aromatic carbocycles. The molecule has 0 N–H and O–H groups in total. The first-order valence-corrected chi connectivity index (χ1v) is 8.00. The number of halogens is 1. The van der Waals surface area contributed by atoms with Crippen molar-refractivity contribution in [2.75, 3.05) is 0 Å². The van der Waals surface area contributed by atoms with E-state index in [-0.39, 0.29) is 5.78 Å². The lowest BCUT2D eigenvalue weighted by Gasteiger charge is -1.99. The fraction of sp³-hybridized carbons (Fsp3) is 0. The van der Waals surface area contributed by atoms with Crippen molar-refractivity contribution in [3.63, 3.8) is 0 Å². The van der Waals surface area contributed by atoms with Crippen LogP contribution in [0, 0.1) is 0 Å². The zero-order chi connectivity index (χ0) is 15.1. The van der Waals surface area contributed by atoms with Gasteiger partial charge in [0.25, 0.3) is 0 Å². The maximum absolute atomic E-state index is 12.6. The summed E-state index contributed by atoms with van der Waals surface area (Å²) in [5.74, 6) is -0.0577.